The van der Waals surface area contributed by atoms with Gasteiger partial charge in [0.05, 0.1) is 12.8 Å². The Labute approximate surface area is 102 Å². The third kappa shape index (κ3) is 1.78. The topological polar surface area (TPSA) is 40.2 Å². The van der Waals surface area contributed by atoms with Crippen LogP contribution in [0.4, 0.5) is 5.82 Å². The number of nitrogens with zero attached hydrogens (tertiary/aromatic N) is 1. The molecule has 0 aliphatic heterocycles. The second-order valence-electron chi connectivity index (χ2n) is 4.29. The summed E-state index contributed by atoms with van der Waals surface area (Å²) in [5.74, 6) is 1.64. The summed E-state index contributed by atoms with van der Waals surface area (Å²) >= 11 is 0. The van der Waals surface area contributed by atoms with Crippen LogP contribution in [0.25, 0.3) is 5.69 Å². The van der Waals surface area contributed by atoms with Crippen molar-refractivity contribution >= 4 is 5.82 Å². The van der Waals surface area contributed by atoms with Crippen LogP contribution >= 0.6 is 0 Å². The van der Waals surface area contributed by atoms with Gasteiger partial charge in [0, 0.05) is 11.3 Å². The lowest BCUT2D eigenvalue weighted by molar-refractivity contribution is 0.411. The second kappa shape index (κ2) is 4.17. The lowest BCUT2D eigenvalue weighted by Gasteiger charge is -2.17. The minimum Gasteiger partial charge on any atom is -0.496 e. The first kappa shape index (κ1) is 11.6. The molecule has 0 radical (unpaired) electrons. The molecule has 1 aromatic heterocycles. The summed E-state index contributed by atoms with van der Waals surface area (Å²) < 4.78 is 7.43. The van der Waals surface area contributed by atoms with Gasteiger partial charge in [-0.15, -0.1) is 0 Å². The zero-order chi connectivity index (χ0) is 12.6. The predicted octanol–water partition coefficient (Wildman–Crippen LogP) is 2.99. The van der Waals surface area contributed by atoms with E-state index in [-0.39, 0.29) is 0 Å². The summed E-state index contributed by atoms with van der Waals surface area (Å²) in [5.41, 5.74) is 10.6. The zero-order valence-corrected chi connectivity index (χ0v) is 10.7. The van der Waals surface area contributed by atoms with Crippen molar-refractivity contribution in [2.75, 3.05) is 12.8 Å². The van der Waals surface area contributed by atoms with Crippen molar-refractivity contribution in [3.05, 3.63) is 41.1 Å². The fourth-order valence-corrected chi connectivity index (χ4v) is 2.25. The van der Waals surface area contributed by atoms with Crippen LogP contribution in [-0.4, -0.2) is 11.7 Å². The zero-order valence-electron chi connectivity index (χ0n) is 10.7. The highest BCUT2D eigenvalue weighted by Gasteiger charge is 2.13. The Bertz CT molecular complexity index is 536. The average molecular weight is 230 g/mol. The van der Waals surface area contributed by atoms with Gasteiger partial charge in [0.15, 0.2) is 0 Å². The molecule has 0 amide bonds. The number of aromatic nitrogens is 1. The Balaban J connectivity index is 2.75. The van der Waals surface area contributed by atoms with Crippen LogP contribution in [-0.2, 0) is 0 Å². The van der Waals surface area contributed by atoms with Gasteiger partial charge in [-0.3, -0.25) is 0 Å². The van der Waals surface area contributed by atoms with Gasteiger partial charge in [0.25, 0.3) is 0 Å². The fraction of sp³-hybridized carbons (Fsp3) is 0.286. The van der Waals surface area contributed by atoms with Crippen LogP contribution in [0.5, 0.6) is 5.75 Å². The summed E-state index contributed by atoms with van der Waals surface area (Å²) in [6.45, 7) is 6.19. The van der Waals surface area contributed by atoms with Crippen LogP contribution in [0.2, 0.25) is 0 Å². The molecule has 1 aromatic carbocycles. The molecule has 2 aromatic rings. The van der Waals surface area contributed by atoms with Gasteiger partial charge in [-0.2, -0.15) is 0 Å². The van der Waals surface area contributed by atoms with Crippen molar-refractivity contribution in [2.45, 2.75) is 20.8 Å². The third-order valence-corrected chi connectivity index (χ3v) is 3.13. The second-order valence-corrected chi connectivity index (χ2v) is 4.29. The van der Waals surface area contributed by atoms with E-state index in [1.807, 2.05) is 18.2 Å². The molecule has 0 unspecified atom stereocenters. The van der Waals surface area contributed by atoms with E-state index in [2.05, 4.69) is 31.4 Å². The summed E-state index contributed by atoms with van der Waals surface area (Å²) in [6, 6.07) is 7.99. The number of nitrogen functional groups attached to an aromatic ring is 1. The van der Waals surface area contributed by atoms with E-state index in [4.69, 9.17) is 10.5 Å². The van der Waals surface area contributed by atoms with Crippen molar-refractivity contribution < 1.29 is 4.74 Å². The number of ether oxygens (including phenoxy) is 1. The summed E-state index contributed by atoms with van der Waals surface area (Å²) in [5, 5.41) is 0. The highest BCUT2D eigenvalue weighted by atomic mass is 16.5. The number of nitrogens with two attached hydrogens (primary N) is 1. The molecule has 0 saturated heterocycles. The number of benzene rings is 1. The standard InChI is InChI=1S/C14H18N2O/c1-9-5-7-12(17-4)11(3)14(9)16-10(2)6-8-13(16)15/h5-8H,15H2,1-4H3. The molecule has 0 aliphatic carbocycles. The lowest BCUT2D eigenvalue weighted by atomic mass is 10.1. The molecule has 0 spiro atoms. The summed E-state index contributed by atoms with van der Waals surface area (Å²) in [6.07, 6.45) is 0. The quantitative estimate of drug-likeness (QED) is 0.861. The van der Waals surface area contributed by atoms with Gasteiger partial charge in [-0.05, 0) is 44.5 Å². The maximum atomic E-state index is 6.02. The van der Waals surface area contributed by atoms with Crippen molar-refractivity contribution in [2.24, 2.45) is 0 Å². The van der Waals surface area contributed by atoms with E-state index in [1.54, 1.807) is 7.11 Å². The van der Waals surface area contributed by atoms with Gasteiger partial charge >= 0.3 is 0 Å². The molecule has 1 heterocycles. The molecule has 0 aliphatic rings. The Hall–Kier alpha value is -1.90. The van der Waals surface area contributed by atoms with E-state index >= 15 is 0 Å². The molecule has 3 heteroatoms. The third-order valence-electron chi connectivity index (χ3n) is 3.13. The molecule has 17 heavy (non-hydrogen) atoms. The van der Waals surface area contributed by atoms with E-state index in [1.165, 1.54) is 5.56 Å². The van der Waals surface area contributed by atoms with Crippen molar-refractivity contribution in [3.63, 3.8) is 0 Å². The van der Waals surface area contributed by atoms with E-state index in [0.29, 0.717) is 0 Å². The highest BCUT2D eigenvalue weighted by Crippen LogP contribution is 2.30. The van der Waals surface area contributed by atoms with Crippen LogP contribution in [0.15, 0.2) is 24.3 Å². The number of aryl methyl sites for hydroxylation is 2. The number of anilines is 1. The first-order chi connectivity index (χ1) is 8.06. The van der Waals surface area contributed by atoms with Crippen molar-refractivity contribution in [1.29, 1.82) is 0 Å². The average Bonchev–Trinajstić information content (AvgIpc) is 2.61. The number of hydrogen-bond acceptors (Lipinski definition) is 2. The summed E-state index contributed by atoms with van der Waals surface area (Å²) in [4.78, 5) is 0. The molecular weight excluding hydrogens is 212 g/mol. The minimum absolute atomic E-state index is 0.752. The molecule has 2 rings (SSSR count). The van der Waals surface area contributed by atoms with Crippen molar-refractivity contribution in [1.82, 2.24) is 4.57 Å². The fourth-order valence-electron chi connectivity index (χ4n) is 2.25. The van der Waals surface area contributed by atoms with Crippen LogP contribution < -0.4 is 10.5 Å². The van der Waals surface area contributed by atoms with Crippen molar-refractivity contribution in [3.8, 4) is 11.4 Å². The van der Waals surface area contributed by atoms with Gasteiger partial charge in [0.2, 0.25) is 0 Å². The molecular formula is C14H18N2O. The number of hydrogen-bond donors (Lipinski definition) is 1. The molecule has 90 valence electrons. The molecule has 3 nitrogen and oxygen atoms in total. The van der Waals surface area contributed by atoms with Crippen LogP contribution in [0.1, 0.15) is 16.8 Å². The van der Waals surface area contributed by atoms with E-state index in [0.717, 1.165) is 28.5 Å². The van der Waals surface area contributed by atoms with E-state index < -0.39 is 0 Å². The molecule has 0 fully saturated rings. The minimum atomic E-state index is 0.752. The molecule has 2 N–H and O–H groups in total. The van der Waals surface area contributed by atoms with Crippen LogP contribution in [0, 0.1) is 20.8 Å². The maximum Gasteiger partial charge on any atom is 0.123 e. The van der Waals surface area contributed by atoms with E-state index in [9.17, 15) is 0 Å². The summed E-state index contributed by atoms with van der Waals surface area (Å²) in [7, 11) is 1.69. The Morgan fingerprint density at radius 3 is 2.29 bits per heavy atom. The largest absolute Gasteiger partial charge is 0.496 e. The van der Waals surface area contributed by atoms with Crippen LogP contribution in [0.3, 0.4) is 0 Å². The Morgan fingerprint density at radius 1 is 1.06 bits per heavy atom. The Kier molecular flexibility index (Phi) is 2.84. The molecule has 0 bridgehead atoms. The Morgan fingerprint density at radius 2 is 1.76 bits per heavy atom. The smallest absolute Gasteiger partial charge is 0.123 e. The first-order valence-corrected chi connectivity index (χ1v) is 5.64. The van der Waals surface area contributed by atoms with Gasteiger partial charge in [-0.25, -0.2) is 0 Å². The normalized spacial score (nSPS) is 10.6. The van der Waals surface area contributed by atoms with Gasteiger partial charge in [-0.1, -0.05) is 6.07 Å². The molecule has 0 atom stereocenters. The highest BCUT2D eigenvalue weighted by molar-refractivity contribution is 5.58. The maximum absolute atomic E-state index is 6.02. The molecule has 0 saturated carbocycles. The lowest BCUT2D eigenvalue weighted by Crippen LogP contribution is -2.06. The van der Waals surface area contributed by atoms with Gasteiger partial charge < -0.3 is 15.0 Å². The number of rotatable bonds is 2. The van der Waals surface area contributed by atoms with Gasteiger partial charge in [0.1, 0.15) is 11.6 Å². The SMILES string of the molecule is COc1ccc(C)c(-n2c(C)ccc2N)c1C. The monoisotopic (exact) mass is 230 g/mol. The first-order valence-electron chi connectivity index (χ1n) is 5.64. The predicted molar refractivity (Wildman–Crippen MR) is 70.9 cm³/mol. The number of methoxy groups -OCH3 is 1.